The molecule has 2 N–H and O–H groups in total. The highest BCUT2D eigenvalue weighted by Gasteiger charge is 2.12. The molecule has 0 spiro atoms. The van der Waals surface area contributed by atoms with Crippen LogP contribution in [-0.2, 0) is 4.79 Å². The molecule has 1 aromatic rings. The molecule has 2 unspecified atom stereocenters. The van der Waals surface area contributed by atoms with Crippen LogP contribution in [0, 0.1) is 5.92 Å². The van der Waals surface area contributed by atoms with E-state index in [9.17, 15) is 4.79 Å². The summed E-state index contributed by atoms with van der Waals surface area (Å²) in [5, 5.41) is 6.29. The Hall–Kier alpha value is -1.35. The van der Waals surface area contributed by atoms with E-state index in [0.29, 0.717) is 18.4 Å². The van der Waals surface area contributed by atoms with Gasteiger partial charge in [0.1, 0.15) is 0 Å². The molecule has 0 fully saturated rings. The van der Waals surface area contributed by atoms with Gasteiger partial charge in [0.15, 0.2) is 0 Å². The monoisotopic (exact) mass is 290 g/mol. The maximum absolute atomic E-state index is 11.9. The van der Waals surface area contributed by atoms with Crippen LogP contribution in [0.15, 0.2) is 24.3 Å². The molecule has 0 radical (unpaired) electrons. The molecule has 21 heavy (non-hydrogen) atoms. The largest absolute Gasteiger partial charge is 0.352 e. The summed E-state index contributed by atoms with van der Waals surface area (Å²) in [4.78, 5) is 11.9. The van der Waals surface area contributed by atoms with Gasteiger partial charge in [-0.15, -0.1) is 0 Å². The summed E-state index contributed by atoms with van der Waals surface area (Å²) in [6.07, 6.45) is 0. The predicted molar refractivity (Wildman–Crippen MR) is 89.4 cm³/mol. The lowest BCUT2D eigenvalue weighted by molar-refractivity contribution is -0.121. The van der Waals surface area contributed by atoms with E-state index in [2.05, 4.69) is 69.5 Å². The van der Waals surface area contributed by atoms with Gasteiger partial charge in [0.25, 0.3) is 0 Å². The molecular weight excluding hydrogens is 260 g/mol. The SMILES string of the molecule is CC(C)c1ccc(C(C)NCC(=O)NC(C)C(C)C)cc1. The van der Waals surface area contributed by atoms with E-state index in [0.717, 1.165) is 0 Å². The quantitative estimate of drug-likeness (QED) is 0.805. The summed E-state index contributed by atoms with van der Waals surface area (Å²) in [5.74, 6) is 1.06. The average Bonchev–Trinajstić information content (AvgIpc) is 2.44. The van der Waals surface area contributed by atoms with Crippen molar-refractivity contribution in [1.82, 2.24) is 10.6 Å². The Morgan fingerprint density at radius 2 is 1.48 bits per heavy atom. The lowest BCUT2D eigenvalue weighted by atomic mass is 9.99. The van der Waals surface area contributed by atoms with E-state index in [1.807, 2.05) is 6.92 Å². The third-order valence-electron chi connectivity index (χ3n) is 4.06. The molecule has 0 heterocycles. The van der Waals surface area contributed by atoms with Gasteiger partial charge in [0.2, 0.25) is 5.91 Å². The molecule has 0 saturated carbocycles. The van der Waals surface area contributed by atoms with E-state index < -0.39 is 0 Å². The van der Waals surface area contributed by atoms with Crippen molar-refractivity contribution in [3.8, 4) is 0 Å². The van der Waals surface area contributed by atoms with Gasteiger partial charge in [0, 0.05) is 12.1 Å². The highest BCUT2D eigenvalue weighted by atomic mass is 16.1. The zero-order valence-electron chi connectivity index (χ0n) is 14.2. The molecule has 3 heteroatoms. The van der Waals surface area contributed by atoms with E-state index >= 15 is 0 Å². The molecule has 1 rings (SSSR count). The van der Waals surface area contributed by atoms with Gasteiger partial charge in [-0.2, -0.15) is 0 Å². The lowest BCUT2D eigenvalue weighted by Crippen LogP contribution is -2.41. The van der Waals surface area contributed by atoms with Gasteiger partial charge < -0.3 is 10.6 Å². The highest BCUT2D eigenvalue weighted by molar-refractivity contribution is 5.78. The fourth-order valence-corrected chi connectivity index (χ4v) is 2.00. The minimum atomic E-state index is 0.0573. The minimum absolute atomic E-state index is 0.0573. The van der Waals surface area contributed by atoms with Crippen molar-refractivity contribution in [2.45, 2.75) is 59.5 Å². The first-order chi connectivity index (χ1) is 9.81. The molecule has 1 aromatic carbocycles. The zero-order chi connectivity index (χ0) is 16.0. The molecule has 0 saturated heterocycles. The summed E-state index contributed by atoms with van der Waals surface area (Å²) in [6.45, 7) is 13.1. The molecule has 1 amide bonds. The second kappa shape index (κ2) is 8.18. The maximum Gasteiger partial charge on any atom is 0.234 e. The van der Waals surface area contributed by atoms with Crippen LogP contribution in [-0.4, -0.2) is 18.5 Å². The van der Waals surface area contributed by atoms with Gasteiger partial charge in [-0.1, -0.05) is 52.0 Å². The van der Waals surface area contributed by atoms with Crippen LogP contribution in [0.5, 0.6) is 0 Å². The van der Waals surface area contributed by atoms with Gasteiger partial charge >= 0.3 is 0 Å². The van der Waals surface area contributed by atoms with E-state index in [4.69, 9.17) is 0 Å². The second-order valence-electron chi connectivity index (χ2n) is 6.52. The maximum atomic E-state index is 11.9. The number of carbonyl (C=O) groups excluding carboxylic acids is 1. The number of hydrogen-bond acceptors (Lipinski definition) is 2. The molecule has 0 aliphatic carbocycles. The number of benzene rings is 1. The van der Waals surface area contributed by atoms with Crippen molar-refractivity contribution < 1.29 is 4.79 Å². The second-order valence-corrected chi connectivity index (χ2v) is 6.52. The van der Waals surface area contributed by atoms with Crippen molar-refractivity contribution in [1.29, 1.82) is 0 Å². The van der Waals surface area contributed by atoms with Gasteiger partial charge in [-0.3, -0.25) is 4.79 Å². The van der Waals surface area contributed by atoms with Crippen LogP contribution in [0.2, 0.25) is 0 Å². The Morgan fingerprint density at radius 1 is 0.952 bits per heavy atom. The van der Waals surface area contributed by atoms with Crippen LogP contribution >= 0.6 is 0 Å². The average molecular weight is 290 g/mol. The van der Waals surface area contributed by atoms with E-state index in [1.54, 1.807) is 0 Å². The molecule has 0 bridgehead atoms. The highest BCUT2D eigenvalue weighted by Crippen LogP contribution is 2.18. The number of hydrogen-bond donors (Lipinski definition) is 2. The molecular formula is C18H30N2O. The summed E-state index contributed by atoms with van der Waals surface area (Å²) in [7, 11) is 0. The lowest BCUT2D eigenvalue weighted by Gasteiger charge is -2.19. The van der Waals surface area contributed by atoms with Gasteiger partial charge in [0.05, 0.1) is 6.54 Å². The van der Waals surface area contributed by atoms with Crippen molar-refractivity contribution >= 4 is 5.91 Å². The number of rotatable bonds is 7. The first-order valence-corrected chi connectivity index (χ1v) is 7.93. The molecule has 0 aromatic heterocycles. The van der Waals surface area contributed by atoms with E-state index in [-0.39, 0.29) is 18.0 Å². The van der Waals surface area contributed by atoms with Crippen LogP contribution < -0.4 is 10.6 Å². The molecule has 2 atom stereocenters. The Bertz CT molecular complexity index is 437. The smallest absolute Gasteiger partial charge is 0.234 e. The number of nitrogens with one attached hydrogen (secondary N) is 2. The summed E-state index contributed by atoms with van der Waals surface area (Å²) in [6, 6.07) is 8.99. The normalized spacial score (nSPS) is 14.3. The fourth-order valence-electron chi connectivity index (χ4n) is 2.00. The Labute approximate surface area is 129 Å². The van der Waals surface area contributed by atoms with Crippen molar-refractivity contribution in [2.24, 2.45) is 5.92 Å². The van der Waals surface area contributed by atoms with Crippen molar-refractivity contribution in [3.05, 3.63) is 35.4 Å². The third kappa shape index (κ3) is 5.88. The Kier molecular flexibility index (Phi) is 6.90. The summed E-state index contributed by atoms with van der Waals surface area (Å²) < 4.78 is 0. The van der Waals surface area contributed by atoms with Crippen LogP contribution in [0.1, 0.15) is 64.6 Å². The molecule has 0 aliphatic heterocycles. The van der Waals surface area contributed by atoms with Gasteiger partial charge in [-0.25, -0.2) is 0 Å². The molecule has 118 valence electrons. The van der Waals surface area contributed by atoms with Crippen molar-refractivity contribution in [2.75, 3.05) is 6.54 Å². The third-order valence-corrected chi connectivity index (χ3v) is 4.06. The Morgan fingerprint density at radius 3 is 1.95 bits per heavy atom. The van der Waals surface area contributed by atoms with Crippen molar-refractivity contribution in [3.63, 3.8) is 0 Å². The summed E-state index contributed by atoms with van der Waals surface area (Å²) >= 11 is 0. The number of carbonyl (C=O) groups is 1. The number of amides is 1. The molecule has 0 aliphatic rings. The standard InChI is InChI=1S/C18H30N2O/c1-12(2)14(5)20-18(21)11-19-15(6)17-9-7-16(8-10-17)13(3)4/h7-10,12-15,19H,11H2,1-6H3,(H,20,21). The molecule has 3 nitrogen and oxygen atoms in total. The fraction of sp³-hybridized carbons (Fsp3) is 0.611. The first-order valence-electron chi connectivity index (χ1n) is 7.93. The predicted octanol–water partition coefficient (Wildman–Crippen LogP) is 3.62. The Balaban J connectivity index is 2.46. The minimum Gasteiger partial charge on any atom is -0.352 e. The van der Waals surface area contributed by atoms with Crippen LogP contribution in [0.25, 0.3) is 0 Å². The summed E-state index contributed by atoms with van der Waals surface area (Å²) in [5.41, 5.74) is 2.55. The van der Waals surface area contributed by atoms with E-state index in [1.165, 1.54) is 11.1 Å². The van der Waals surface area contributed by atoms with Crippen LogP contribution in [0.4, 0.5) is 0 Å². The van der Waals surface area contributed by atoms with Crippen LogP contribution in [0.3, 0.4) is 0 Å². The van der Waals surface area contributed by atoms with Gasteiger partial charge in [-0.05, 0) is 36.8 Å². The first kappa shape index (κ1) is 17.7. The zero-order valence-corrected chi connectivity index (χ0v) is 14.2. The topological polar surface area (TPSA) is 41.1 Å².